The van der Waals surface area contributed by atoms with Gasteiger partial charge in [0.2, 0.25) is 0 Å². The molecule has 3 aromatic carbocycles. The van der Waals surface area contributed by atoms with Gasteiger partial charge in [0.25, 0.3) is 11.8 Å². The Hall–Kier alpha value is -4.18. The van der Waals surface area contributed by atoms with E-state index >= 15 is 0 Å². The summed E-state index contributed by atoms with van der Waals surface area (Å²) in [6.45, 7) is 1.71. The quantitative estimate of drug-likeness (QED) is 0.294. The fourth-order valence-electron chi connectivity index (χ4n) is 3.59. The van der Waals surface area contributed by atoms with E-state index in [0.717, 1.165) is 10.5 Å². The van der Waals surface area contributed by atoms with Crippen molar-refractivity contribution in [1.82, 2.24) is 10.2 Å². The van der Waals surface area contributed by atoms with Crippen LogP contribution in [-0.4, -0.2) is 36.5 Å². The van der Waals surface area contributed by atoms with E-state index in [0.29, 0.717) is 32.8 Å². The summed E-state index contributed by atoms with van der Waals surface area (Å²) in [5.41, 5.74) is 2.98. The molecule has 0 bridgehead atoms. The van der Waals surface area contributed by atoms with E-state index in [9.17, 15) is 18.8 Å². The Bertz CT molecular complexity index is 1370. The first-order chi connectivity index (χ1) is 17.7. The van der Waals surface area contributed by atoms with Crippen LogP contribution in [0.15, 0.2) is 70.8 Å². The van der Waals surface area contributed by atoms with Gasteiger partial charge >= 0.3 is 6.03 Å². The number of anilines is 1. The molecule has 0 unspecified atom stereocenters. The first kappa shape index (κ1) is 25.9. The Morgan fingerprint density at radius 1 is 1.11 bits per heavy atom. The number of aryl methyl sites for hydroxylation is 1. The maximum Gasteiger partial charge on any atom is 0.329 e. The third-order valence-corrected chi connectivity index (χ3v) is 6.05. The fraction of sp³-hybridized carbons (Fsp3) is 0.148. The van der Waals surface area contributed by atoms with Crippen molar-refractivity contribution in [1.29, 1.82) is 0 Å². The van der Waals surface area contributed by atoms with Crippen LogP contribution < -0.4 is 20.1 Å². The summed E-state index contributed by atoms with van der Waals surface area (Å²) in [6.07, 6.45) is 1.51. The average Bonchev–Trinajstić information content (AvgIpc) is 3.13. The molecule has 4 rings (SSSR count). The van der Waals surface area contributed by atoms with Gasteiger partial charge in [0, 0.05) is 5.69 Å². The number of carbonyl (C=O) groups excluding carboxylic acids is 3. The molecular weight excluding hydrogens is 545 g/mol. The van der Waals surface area contributed by atoms with E-state index in [1.807, 2.05) is 19.1 Å². The maximum atomic E-state index is 13.2. The van der Waals surface area contributed by atoms with Crippen LogP contribution in [0.5, 0.6) is 11.5 Å². The Morgan fingerprint density at radius 2 is 1.81 bits per heavy atom. The number of hydrogen-bond donors (Lipinski definition) is 2. The molecule has 8 nitrogen and oxygen atoms in total. The number of carbonyl (C=O) groups is 3. The molecule has 0 spiro atoms. The fourth-order valence-corrected chi connectivity index (χ4v) is 4.16. The Morgan fingerprint density at radius 3 is 2.49 bits per heavy atom. The second-order valence-electron chi connectivity index (χ2n) is 8.24. The highest BCUT2D eigenvalue weighted by molar-refractivity contribution is 9.10. The number of urea groups is 1. The smallest absolute Gasteiger partial charge is 0.329 e. The summed E-state index contributed by atoms with van der Waals surface area (Å²) >= 11 is 3.42. The van der Waals surface area contributed by atoms with Gasteiger partial charge in [-0.05, 0) is 76.5 Å². The number of nitrogens with zero attached hydrogens (tertiary/aromatic N) is 1. The van der Waals surface area contributed by atoms with E-state index in [2.05, 4.69) is 26.6 Å². The lowest BCUT2D eigenvalue weighted by atomic mass is 10.1. The van der Waals surface area contributed by atoms with Crippen molar-refractivity contribution in [2.75, 3.05) is 19.0 Å². The zero-order valence-corrected chi connectivity index (χ0v) is 21.6. The minimum Gasteiger partial charge on any atom is -0.493 e. The van der Waals surface area contributed by atoms with Crippen molar-refractivity contribution in [2.45, 2.75) is 13.5 Å². The van der Waals surface area contributed by atoms with Crippen molar-refractivity contribution < 1.29 is 28.2 Å². The van der Waals surface area contributed by atoms with Crippen LogP contribution in [0.3, 0.4) is 0 Å². The summed E-state index contributed by atoms with van der Waals surface area (Å²) in [5.74, 6) is -0.630. The van der Waals surface area contributed by atoms with Gasteiger partial charge in [-0.15, -0.1) is 0 Å². The van der Waals surface area contributed by atoms with Crippen molar-refractivity contribution >= 4 is 45.5 Å². The monoisotopic (exact) mass is 567 g/mol. The zero-order valence-electron chi connectivity index (χ0n) is 20.0. The number of ether oxygens (including phenoxy) is 2. The molecule has 1 aliphatic rings. The van der Waals surface area contributed by atoms with Crippen molar-refractivity contribution in [3.63, 3.8) is 0 Å². The van der Waals surface area contributed by atoms with Gasteiger partial charge in [0.05, 0.1) is 18.1 Å². The van der Waals surface area contributed by atoms with Gasteiger partial charge < -0.3 is 20.1 Å². The molecule has 0 aliphatic carbocycles. The summed E-state index contributed by atoms with van der Waals surface area (Å²) in [5, 5.41) is 5.31. The molecule has 0 aromatic heterocycles. The predicted octanol–water partition coefficient (Wildman–Crippen LogP) is 5.02. The summed E-state index contributed by atoms with van der Waals surface area (Å²) in [4.78, 5) is 38.6. The molecule has 4 amide bonds. The van der Waals surface area contributed by atoms with Crippen molar-refractivity contribution in [3.8, 4) is 11.5 Å². The number of halogens is 2. The van der Waals surface area contributed by atoms with Gasteiger partial charge in [-0.2, -0.15) is 0 Å². The number of methoxy groups -OCH3 is 1. The highest BCUT2D eigenvalue weighted by Gasteiger charge is 2.33. The molecule has 37 heavy (non-hydrogen) atoms. The molecule has 190 valence electrons. The summed E-state index contributed by atoms with van der Waals surface area (Å²) < 4.78 is 24.8. The second kappa shape index (κ2) is 11.3. The molecule has 0 atom stereocenters. The van der Waals surface area contributed by atoms with E-state index < -0.39 is 17.8 Å². The maximum absolute atomic E-state index is 13.2. The molecule has 2 N–H and O–H groups in total. The highest BCUT2D eigenvalue weighted by atomic mass is 79.9. The van der Waals surface area contributed by atoms with Crippen LogP contribution in [-0.2, 0) is 16.1 Å². The number of nitrogens with one attached hydrogen (secondary N) is 2. The molecule has 1 aliphatic heterocycles. The van der Waals surface area contributed by atoms with E-state index in [4.69, 9.17) is 9.47 Å². The molecule has 10 heteroatoms. The second-order valence-corrected chi connectivity index (χ2v) is 9.10. The van der Waals surface area contributed by atoms with Crippen molar-refractivity contribution in [2.24, 2.45) is 0 Å². The van der Waals surface area contributed by atoms with Gasteiger partial charge in [0.15, 0.2) is 18.1 Å². The van der Waals surface area contributed by atoms with Crippen LogP contribution in [0.1, 0.15) is 16.7 Å². The molecule has 0 saturated carbocycles. The summed E-state index contributed by atoms with van der Waals surface area (Å²) in [7, 11) is 1.45. The first-order valence-electron chi connectivity index (χ1n) is 11.2. The third-order valence-electron chi connectivity index (χ3n) is 5.46. The zero-order chi connectivity index (χ0) is 26.5. The van der Waals surface area contributed by atoms with E-state index in [-0.39, 0.29) is 24.8 Å². The minimum atomic E-state index is -0.578. The molecule has 1 fully saturated rings. The number of hydrogen-bond acceptors (Lipinski definition) is 5. The van der Waals surface area contributed by atoms with Crippen LogP contribution in [0.2, 0.25) is 0 Å². The molecule has 1 saturated heterocycles. The van der Waals surface area contributed by atoms with Crippen molar-refractivity contribution in [3.05, 3.63) is 93.3 Å². The van der Waals surface area contributed by atoms with E-state index in [1.165, 1.54) is 37.5 Å². The number of amides is 4. The normalized spacial score (nSPS) is 14.1. The summed E-state index contributed by atoms with van der Waals surface area (Å²) in [6, 6.07) is 15.7. The van der Waals surface area contributed by atoms with Crippen LogP contribution in [0, 0.1) is 12.7 Å². The molecular formula is C27H23BrFN3O5. The van der Waals surface area contributed by atoms with Gasteiger partial charge in [-0.1, -0.05) is 29.8 Å². The third kappa shape index (κ3) is 6.34. The lowest BCUT2D eigenvalue weighted by Gasteiger charge is -2.14. The first-order valence-corrected chi connectivity index (χ1v) is 12.0. The lowest BCUT2D eigenvalue weighted by Crippen LogP contribution is -2.30. The van der Waals surface area contributed by atoms with Gasteiger partial charge in [-0.25, -0.2) is 9.18 Å². The lowest BCUT2D eigenvalue weighted by molar-refractivity contribution is -0.123. The molecule has 3 aromatic rings. The van der Waals surface area contributed by atoms with Crippen LogP contribution >= 0.6 is 15.9 Å². The highest BCUT2D eigenvalue weighted by Crippen LogP contribution is 2.37. The van der Waals surface area contributed by atoms with Crippen LogP contribution in [0.4, 0.5) is 14.9 Å². The Kier molecular flexibility index (Phi) is 7.88. The molecule has 0 radical (unpaired) electrons. The van der Waals surface area contributed by atoms with Gasteiger partial charge in [-0.3, -0.25) is 14.5 Å². The Labute approximate surface area is 221 Å². The number of imide groups is 1. The number of rotatable bonds is 8. The predicted molar refractivity (Wildman–Crippen MR) is 139 cm³/mol. The standard InChI is InChI=1S/C27H23BrFN3O5/c1-16-3-9-20(10-4-16)30-24(33)15-37-25-21(28)11-18(13-23(25)36-2)12-22-26(34)32(27(35)31-22)14-17-5-7-19(29)8-6-17/h3-13H,14-15H2,1-2H3,(H,30,33)(H,31,35)/b22-12+. The van der Waals surface area contributed by atoms with Crippen LogP contribution in [0.25, 0.3) is 6.08 Å². The largest absolute Gasteiger partial charge is 0.493 e. The topological polar surface area (TPSA) is 97.0 Å². The minimum absolute atomic E-state index is 0.00668. The van der Waals surface area contributed by atoms with E-state index in [1.54, 1.807) is 24.3 Å². The SMILES string of the molecule is COc1cc(/C=C2/NC(=O)N(Cc3ccc(F)cc3)C2=O)cc(Br)c1OCC(=O)Nc1ccc(C)cc1. The number of benzene rings is 3. The average molecular weight is 568 g/mol. The Balaban J connectivity index is 1.45. The van der Waals surface area contributed by atoms with Gasteiger partial charge in [0.1, 0.15) is 11.5 Å². The molecule has 1 heterocycles.